The zero-order valence-corrected chi connectivity index (χ0v) is 13.6. The average molecular weight is 322 g/mol. The number of ketones is 1. The largest absolute Gasteiger partial charge is 0.507 e. The van der Waals surface area contributed by atoms with Crippen LogP contribution in [0.3, 0.4) is 0 Å². The van der Waals surface area contributed by atoms with Gasteiger partial charge in [-0.05, 0) is 25.0 Å². The second-order valence-electron chi connectivity index (χ2n) is 6.21. The van der Waals surface area contributed by atoms with Gasteiger partial charge in [0.2, 0.25) is 0 Å². The van der Waals surface area contributed by atoms with Crippen LogP contribution in [-0.2, 0) is 4.79 Å². The minimum absolute atomic E-state index is 0.0976. The van der Waals surface area contributed by atoms with Crippen LogP contribution in [-0.4, -0.2) is 35.4 Å². The van der Waals surface area contributed by atoms with Crippen molar-refractivity contribution in [1.29, 1.82) is 0 Å². The van der Waals surface area contributed by atoms with Crippen molar-refractivity contribution in [3.05, 3.63) is 53.6 Å². The summed E-state index contributed by atoms with van der Waals surface area (Å²) in [5.74, 6) is 0.355. The SMILES string of the molecule is O=C1CC=CC=C1C=N[C@@H]1CCCC[C@H]1N=Cc1ccccc1O. The second kappa shape index (κ2) is 7.86. The maximum Gasteiger partial charge on any atom is 0.168 e. The van der Waals surface area contributed by atoms with Crippen LogP contribution >= 0.6 is 0 Å². The zero-order chi connectivity index (χ0) is 16.8. The Balaban J connectivity index is 1.71. The number of para-hydroxylation sites is 1. The molecule has 3 rings (SSSR count). The maximum absolute atomic E-state index is 11.8. The van der Waals surface area contributed by atoms with Crippen molar-refractivity contribution in [1.82, 2.24) is 0 Å². The molecule has 0 radical (unpaired) electrons. The van der Waals surface area contributed by atoms with Crippen LogP contribution in [0.1, 0.15) is 37.7 Å². The van der Waals surface area contributed by atoms with Gasteiger partial charge in [-0.15, -0.1) is 0 Å². The summed E-state index contributed by atoms with van der Waals surface area (Å²) in [7, 11) is 0. The molecule has 0 aliphatic heterocycles. The van der Waals surface area contributed by atoms with Crippen molar-refractivity contribution in [2.45, 2.75) is 44.2 Å². The molecule has 0 heterocycles. The number of benzene rings is 1. The molecular formula is C20H22N2O2. The van der Waals surface area contributed by atoms with E-state index in [4.69, 9.17) is 0 Å². The Bertz CT molecular complexity index is 716. The van der Waals surface area contributed by atoms with Gasteiger partial charge in [0.15, 0.2) is 5.78 Å². The molecule has 2 aliphatic carbocycles. The van der Waals surface area contributed by atoms with E-state index >= 15 is 0 Å². The zero-order valence-electron chi connectivity index (χ0n) is 13.6. The first-order valence-corrected chi connectivity index (χ1v) is 8.48. The number of phenolic OH excluding ortho intramolecular Hbond substituents is 1. The number of nitrogens with zero attached hydrogens (tertiary/aromatic N) is 2. The van der Waals surface area contributed by atoms with Gasteiger partial charge < -0.3 is 5.11 Å². The van der Waals surface area contributed by atoms with Crippen molar-refractivity contribution in [3.8, 4) is 5.75 Å². The minimum atomic E-state index is 0.0976. The maximum atomic E-state index is 11.8. The van der Waals surface area contributed by atoms with Crippen molar-refractivity contribution in [2.24, 2.45) is 9.98 Å². The highest BCUT2D eigenvalue weighted by molar-refractivity contribution is 6.14. The Hall–Kier alpha value is -2.49. The minimum Gasteiger partial charge on any atom is -0.507 e. The fraction of sp³-hybridized carbons (Fsp3) is 0.350. The standard InChI is InChI=1S/C20H22N2O2/c23-19-11-5-1-7-15(19)13-21-17-9-3-4-10-18(17)22-14-16-8-2-6-12-20(16)24/h1-2,5-8,11,13-14,17-18,23H,3-4,9-10,12H2/t17-,18-/m1/s1. The fourth-order valence-corrected chi connectivity index (χ4v) is 3.06. The number of phenols is 1. The van der Waals surface area contributed by atoms with Crippen molar-refractivity contribution in [3.63, 3.8) is 0 Å². The molecule has 1 fully saturated rings. The number of hydrogen-bond donors (Lipinski definition) is 1. The van der Waals surface area contributed by atoms with Crippen LogP contribution in [0.2, 0.25) is 0 Å². The lowest BCUT2D eigenvalue weighted by atomic mass is 9.91. The first-order chi connectivity index (χ1) is 11.7. The monoisotopic (exact) mass is 322 g/mol. The number of carbonyl (C=O) groups is 1. The molecule has 0 unspecified atom stereocenters. The van der Waals surface area contributed by atoms with E-state index in [1.807, 2.05) is 30.4 Å². The molecule has 0 aromatic heterocycles. The smallest absolute Gasteiger partial charge is 0.168 e. The van der Waals surface area contributed by atoms with E-state index in [9.17, 15) is 9.90 Å². The van der Waals surface area contributed by atoms with Gasteiger partial charge in [0.05, 0.1) is 12.1 Å². The number of carbonyl (C=O) groups excluding carboxylic acids is 1. The summed E-state index contributed by atoms with van der Waals surface area (Å²) in [5, 5.41) is 9.84. The van der Waals surface area contributed by atoms with Gasteiger partial charge in [-0.2, -0.15) is 0 Å². The van der Waals surface area contributed by atoms with Gasteiger partial charge in [-0.1, -0.05) is 43.2 Å². The van der Waals surface area contributed by atoms with E-state index in [2.05, 4.69) is 9.98 Å². The van der Waals surface area contributed by atoms with E-state index in [-0.39, 0.29) is 23.6 Å². The Morgan fingerprint density at radius 3 is 2.46 bits per heavy atom. The first-order valence-electron chi connectivity index (χ1n) is 8.48. The summed E-state index contributed by atoms with van der Waals surface area (Å²) < 4.78 is 0. The Morgan fingerprint density at radius 2 is 1.75 bits per heavy atom. The number of aliphatic imine (C=N–C) groups is 2. The molecule has 1 aromatic carbocycles. The Morgan fingerprint density at radius 1 is 1.04 bits per heavy atom. The van der Waals surface area contributed by atoms with E-state index in [1.165, 1.54) is 0 Å². The summed E-state index contributed by atoms with van der Waals surface area (Å²) >= 11 is 0. The van der Waals surface area contributed by atoms with E-state index in [0.29, 0.717) is 12.0 Å². The van der Waals surface area contributed by atoms with Crippen LogP contribution < -0.4 is 0 Å². The molecule has 4 nitrogen and oxygen atoms in total. The van der Waals surface area contributed by atoms with Crippen LogP contribution in [0.4, 0.5) is 0 Å². The summed E-state index contributed by atoms with van der Waals surface area (Å²) in [5.41, 5.74) is 1.40. The second-order valence-corrected chi connectivity index (χ2v) is 6.21. The Labute approximate surface area is 142 Å². The van der Waals surface area contributed by atoms with Crippen molar-refractivity contribution < 1.29 is 9.90 Å². The number of Topliss-reactive ketones (excluding diaryl/α,β-unsaturated/α-hetero) is 1. The highest BCUT2D eigenvalue weighted by Crippen LogP contribution is 2.24. The highest BCUT2D eigenvalue weighted by Gasteiger charge is 2.23. The summed E-state index contributed by atoms with van der Waals surface area (Å²) in [6, 6.07) is 7.38. The van der Waals surface area contributed by atoms with Gasteiger partial charge >= 0.3 is 0 Å². The van der Waals surface area contributed by atoms with E-state index in [1.54, 1.807) is 24.6 Å². The van der Waals surface area contributed by atoms with Gasteiger partial charge in [0.25, 0.3) is 0 Å². The van der Waals surface area contributed by atoms with E-state index < -0.39 is 0 Å². The molecule has 24 heavy (non-hydrogen) atoms. The van der Waals surface area contributed by atoms with Gasteiger partial charge in [-0.3, -0.25) is 14.8 Å². The number of aromatic hydroxyl groups is 1. The summed E-state index contributed by atoms with van der Waals surface area (Å²) in [4.78, 5) is 21.1. The lowest BCUT2D eigenvalue weighted by molar-refractivity contribution is -0.114. The molecule has 1 saturated carbocycles. The molecule has 0 bridgehead atoms. The number of allylic oxidation sites excluding steroid dienone is 4. The molecule has 1 N–H and O–H groups in total. The predicted molar refractivity (Wildman–Crippen MR) is 97.1 cm³/mol. The molecule has 4 heteroatoms. The summed E-state index contributed by atoms with van der Waals surface area (Å²) in [6.45, 7) is 0. The molecule has 0 spiro atoms. The average Bonchev–Trinajstić information content (AvgIpc) is 2.61. The highest BCUT2D eigenvalue weighted by atomic mass is 16.3. The number of hydrogen-bond acceptors (Lipinski definition) is 4. The third kappa shape index (κ3) is 4.07. The van der Waals surface area contributed by atoms with E-state index in [0.717, 1.165) is 31.2 Å². The van der Waals surface area contributed by atoms with Gasteiger partial charge in [0.1, 0.15) is 5.75 Å². The quantitative estimate of drug-likeness (QED) is 0.860. The third-order valence-electron chi connectivity index (χ3n) is 4.48. The molecule has 0 saturated heterocycles. The topological polar surface area (TPSA) is 62.0 Å². The van der Waals surface area contributed by atoms with Crippen molar-refractivity contribution >= 4 is 18.2 Å². The first kappa shape index (κ1) is 16.4. The molecule has 2 aliphatic rings. The fourth-order valence-electron chi connectivity index (χ4n) is 3.06. The molecular weight excluding hydrogens is 300 g/mol. The number of rotatable bonds is 4. The van der Waals surface area contributed by atoms with Crippen LogP contribution in [0.25, 0.3) is 0 Å². The van der Waals surface area contributed by atoms with Gasteiger partial charge in [-0.25, -0.2) is 0 Å². The lowest BCUT2D eigenvalue weighted by Crippen LogP contribution is -2.27. The van der Waals surface area contributed by atoms with Gasteiger partial charge in [0, 0.05) is 30.0 Å². The molecule has 124 valence electrons. The summed E-state index contributed by atoms with van der Waals surface area (Å²) in [6.07, 6.45) is 13.7. The predicted octanol–water partition coefficient (Wildman–Crippen LogP) is 3.65. The molecule has 1 aromatic rings. The lowest BCUT2D eigenvalue weighted by Gasteiger charge is -2.25. The van der Waals surface area contributed by atoms with Crippen LogP contribution in [0.5, 0.6) is 5.75 Å². The Kier molecular flexibility index (Phi) is 5.36. The van der Waals surface area contributed by atoms with Crippen molar-refractivity contribution in [2.75, 3.05) is 0 Å². The van der Waals surface area contributed by atoms with Crippen LogP contribution in [0, 0.1) is 0 Å². The normalized spacial score (nSPS) is 24.7. The third-order valence-corrected chi connectivity index (χ3v) is 4.48. The molecule has 0 amide bonds. The van der Waals surface area contributed by atoms with Crippen LogP contribution in [0.15, 0.2) is 58.1 Å². The molecule has 2 atom stereocenters.